The van der Waals surface area contributed by atoms with Gasteiger partial charge < -0.3 is 5.32 Å². The van der Waals surface area contributed by atoms with Gasteiger partial charge in [0.2, 0.25) is 0 Å². The number of nitrogens with one attached hydrogen (secondary N) is 1. The van der Waals surface area contributed by atoms with Crippen LogP contribution in [0.4, 0.5) is 13.2 Å². The van der Waals surface area contributed by atoms with Crippen LogP contribution in [0.5, 0.6) is 0 Å². The van der Waals surface area contributed by atoms with Crippen LogP contribution in [0.25, 0.3) is 5.69 Å². The van der Waals surface area contributed by atoms with E-state index in [9.17, 15) is 18.0 Å². The highest BCUT2D eigenvalue weighted by molar-refractivity contribution is 7.98. The molecule has 0 aliphatic carbocycles. The van der Waals surface area contributed by atoms with Gasteiger partial charge in [-0.2, -0.15) is 41.4 Å². The molecule has 0 atom stereocenters. The first kappa shape index (κ1) is 20.5. The number of amides is 1. The molecule has 0 aliphatic rings. The van der Waals surface area contributed by atoms with E-state index in [1.807, 2.05) is 23.8 Å². The van der Waals surface area contributed by atoms with Gasteiger partial charge in [0.15, 0.2) is 5.69 Å². The summed E-state index contributed by atoms with van der Waals surface area (Å²) in [5, 5.41) is 10.4. The Labute approximate surface area is 168 Å². The van der Waals surface area contributed by atoms with E-state index in [-0.39, 0.29) is 12.2 Å². The zero-order chi connectivity index (χ0) is 20.1. The fourth-order valence-electron chi connectivity index (χ4n) is 2.57. The number of thiophene rings is 1. The smallest absolute Gasteiger partial charge is 0.351 e. The Balaban J connectivity index is 1.68. The number of hydrogen-bond acceptors (Lipinski definition) is 4. The standard InChI is InChI=1S/C19H18F3N3OS2/c1-13-2-4-15(5-3-13)25-17(19(20,21)22)16(10-24-25)18(26)23-7-9-28-12-14-6-8-27-11-14/h2-6,8,10-11H,7,9,12H2,1H3,(H,23,26). The summed E-state index contributed by atoms with van der Waals surface area (Å²) in [5.41, 5.74) is 0.821. The summed E-state index contributed by atoms with van der Waals surface area (Å²) in [6.45, 7) is 2.12. The Hall–Kier alpha value is -2.26. The Morgan fingerprint density at radius 1 is 1.25 bits per heavy atom. The summed E-state index contributed by atoms with van der Waals surface area (Å²) in [6.07, 6.45) is -3.74. The van der Waals surface area contributed by atoms with Crippen LogP contribution in [-0.4, -0.2) is 28.0 Å². The molecule has 1 N–H and O–H groups in total. The van der Waals surface area contributed by atoms with Crippen LogP contribution in [0.15, 0.2) is 47.3 Å². The van der Waals surface area contributed by atoms with Gasteiger partial charge in [-0.05, 0) is 41.4 Å². The number of nitrogens with zero attached hydrogens (tertiary/aromatic N) is 2. The first-order valence-electron chi connectivity index (χ1n) is 8.45. The molecule has 0 radical (unpaired) electrons. The van der Waals surface area contributed by atoms with Crippen molar-refractivity contribution in [2.45, 2.75) is 18.9 Å². The van der Waals surface area contributed by atoms with E-state index in [0.29, 0.717) is 5.75 Å². The fourth-order valence-corrected chi connectivity index (χ4v) is 4.15. The number of carbonyl (C=O) groups excluding carboxylic acids is 1. The summed E-state index contributed by atoms with van der Waals surface area (Å²) < 4.78 is 41.6. The minimum Gasteiger partial charge on any atom is -0.351 e. The molecule has 2 aromatic heterocycles. The zero-order valence-corrected chi connectivity index (χ0v) is 16.6. The van der Waals surface area contributed by atoms with Gasteiger partial charge in [0.1, 0.15) is 0 Å². The first-order chi connectivity index (χ1) is 13.4. The second-order valence-corrected chi connectivity index (χ2v) is 7.98. The van der Waals surface area contributed by atoms with Crippen molar-refractivity contribution in [2.75, 3.05) is 12.3 Å². The van der Waals surface area contributed by atoms with Gasteiger partial charge in [0.25, 0.3) is 5.91 Å². The molecule has 4 nitrogen and oxygen atoms in total. The lowest BCUT2D eigenvalue weighted by atomic mass is 10.2. The third kappa shape index (κ3) is 4.96. The molecular formula is C19H18F3N3OS2. The second kappa shape index (κ2) is 8.83. The highest BCUT2D eigenvalue weighted by Crippen LogP contribution is 2.33. The molecule has 28 heavy (non-hydrogen) atoms. The van der Waals surface area contributed by atoms with E-state index in [4.69, 9.17) is 0 Å². The van der Waals surface area contributed by atoms with E-state index < -0.39 is 23.3 Å². The Morgan fingerprint density at radius 2 is 2.00 bits per heavy atom. The third-order valence-electron chi connectivity index (χ3n) is 3.94. The molecule has 0 bridgehead atoms. The van der Waals surface area contributed by atoms with Crippen molar-refractivity contribution in [1.29, 1.82) is 0 Å². The molecule has 0 spiro atoms. The van der Waals surface area contributed by atoms with E-state index in [1.54, 1.807) is 47.4 Å². The van der Waals surface area contributed by atoms with Crippen LogP contribution in [0.3, 0.4) is 0 Å². The van der Waals surface area contributed by atoms with Gasteiger partial charge >= 0.3 is 6.18 Å². The lowest BCUT2D eigenvalue weighted by Crippen LogP contribution is -2.28. The van der Waals surface area contributed by atoms with Crippen molar-refractivity contribution < 1.29 is 18.0 Å². The van der Waals surface area contributed by atoms with Gasteiger partial charge in [-0.25, -0.2) is 4.68 Å². The summed E-state index contributed by atoms with van der Waals surface area (Å²) >= 11 is 3.22. The van der Waals surface area contributed by atoms with E-state index >= 15 is 0 Å². The fraction of sp³-hybridized carbons (Fsp3) is 0.263. The number of aryl methyl sites for hydroxylation is 1. The number of hydrogen-bond donors (Lipinski definition) is 1. The minimum absolute atomic E-state index is 0.253. The Kier molecular flexibility index (Phi) is 6.46. The zero-order valence-electron chi connectivity index (χ0n) is 15.0. The van der Waals surface area contributed by atoms with Crippen molar-refractivity contribution >= 4 is 29.0 Å². The van der Waals surface area contributed by atoms with Gasteiger partial charge in [0, 0.05) is 18.1 Å². The number of aromatic nitrogens is 2. The lowest BCUT2D eigenvalue weighted by molar-refractivity contribution is -0.143. The van der Waals surface area contributed by atoms with Crippen LogP contribution in [0, 0.1) is 6.92 Å². The summed E-state index contributed by atoms with van der Waals surface area (Å²) in [6, 6.07) is 8.50. The maximum Gasteiger partial charge on any atom is 0.434 e. The van der Waals surface area contributed by atoms with E-state index in [1.165, 1.54) is 5.56 Å². The number of alkyl halides is 3. The van der Waals surface area contributed by atoms with Gasteiger partial charge in [-0.15, -0.1) is 0 Å². The number of carbonyl (C=O) groups is 1. The minimum atomic E-state index is -4.71. The number of benzene rings is 1. The molecule has 2 heterocycles. The third-order valence-corrected chi connectivity index (χ3v) is 5.70. The lowest BCUT2D eigenvalue weighted by Gasteiger charge is -2.13. The number of rotatable bonds is 7. The highest BCUT2D eigenvalue weighted by Gasteiger charge is 2.40. The highest BCUT2D eigenvalue weighted by atomic mass is 32.2. The quantitative estimate of drug-likeness (QED) is 0.547. The van der Waals surface area contributed by atoms with Crippen molar-refractivity contribution in [3.05, 3.63) is 69.7 Å². The molecule has 3 rings (SSSR count). The molecular weight excluding hydrogens is 407 g/mol. The topological polar surface area (TPSA) is 46.9 Å². The Bertz CT molecular complexity index is 919. The molecule has 0 saturated carbocycles. The van der Waals surface area contributed by atoms with Crippen LogP contribution >= 0.6 is 23.1 Å². The molecule has 148 valence electrons. The predicted molar refractivity (Wildman–Crippen MR) is 106 cm³/mol. The molecule has 1 amide bonds. The van der Waals surface area contributed by atoms with Crippen LogP contribution < -0.4 is 5.32 Å². The molecule has 1 aromatic carbocycles. The van der Waals surface area contributed by atoms with Crippen LogP contribution in [0.1, 0.15) is 27.2 Å². The normalized spacial score (nSPS) is 11.6. The largest absolute Gasteiger partial charge is 0.434 e. The summed E-state index contributed by atoms with van der Waals surface area (Å²) in [4.78, 5) is 12.3. The summed E-state index contributed by atoms with van der Waals surface area (Å²) in [5.74, 6) is 0.634. The molecule has 0 saturated heterocycles. The van der Waals surface area contributed by atoms with Crippen molar-refractivity contribution in [3.8, 4) is 5.69 Å². The predicted octanol–water partition coefficient (Wildman–Crippen LogP) is 4.92. The molecule has 9 heteroatoms. The molecule has 3 aromatic rings. The summed E-state index contributed by atoms with van der Waals surface area (Å²) in [7, 11) is 0. The van der Waals surface area contributed by atoms with Crippen LogP contribution in [0.2, 0.25) is 0 Å². The van der Waals surface area contributed by atoms with Gasteiger partial charge in [-0.3, -0.25) is 4.79 Å². The SMILES string of the molecule is Cc1ccc(-n2ncc(C(=O)NCCSCc3ccsc3)c2C(F)(F)F)cc1. The number of halogens is 3. The van der Waals surface area contributed by atoms with Crippen molar-refractivity contribution in [1.82, 2.24) is 15.1 Å². The Morgan fingerprint density at radius 3 is 2.64 bits per heavy atom. The molecule has 0 fully saturated rings. The van der Waals surface area contributed by atoms with Crippen molar-refractivity contribution in [3.63, 3.8) is 0 Å². The van der Waals surface area contributed by atoms with E-state index in [2.05, 4.69) is 10.4 Å². The number of thioether (sulfide) groups is 1. The second-order valence-electron chi connectivity index (χ2n) is 6.09. The maximum absolute atomic E-state index is 13.6. The average Bonchev–Trinajstić information content (AvgIpc) is 3.31. The molecule has 0 unspecified atom stereocenters. The monoisotopic (exact) mass is 425 g/mol. The maximum atomic E-state index is 13.6. The van der Waals surface area contributed by atoms with Crippen LogP contribution in [-0.2, 0) is 11.9 Å². The van der Waals surface area contributed by atoms with Crippen molar-refractivity contribution in [2.24, 2.45) is 0 Å². The average molecular weight is 426 g/mol. The van der Waals surface area contributed by atoms with Gasteiger partial charge in [-0.1, -0.05) is 17.7 Å². The molecule has 0 aliphatic heterocycles. The first-order valence-corrected chi connectivity index (χ1v) is 10.6. The van der Waals surface area contributed by atoms with Gasteiger partial charge in [0.05, 0.1) is 17.4 Å². The van der Waals surface area contributed by atoms with E-state index in [0.717, 1.165) is 22.2 Å².